The number of nitrogens with zero attached hydrogens (tertiary/aromatic N) is 1. The molecule has 3 aromatic rings. The van der Waals surface area contributed by atoms with Crippen LogP contribution in [0.1, 0.15) is 23.7 Å². The van der Waals surface area contributed by atoms with Crippen LogP contribution >= 0.6 is 11.3 Å². The summed E-state index contributed by atoms with van der Waals surface area (Å²) >= 11 is 1.35. The van der Waals surface area contributed by atoms with Crippen molar-refractivity contribution >= 4 is 34.0 Å². The second kappa shape index (κ2) is 8.32. The molecule has 2 amide bonds. The zero-order valence-electron chi connectivity index (χ0n) is 15.7. The Bertz CT molecular complexity index is 1050. The molecule has 2 aromatic carbocycles. The molecule has 0 aliphatic carbocycles. The van der Waals surface area contributed by atoms with E-state index in [1.54, 1.807) is 18.2 Å². The molecule has 1 aromatic heterocycles. The van der Waals surface area contributed by atoms with Gasteiger partial charge in [-0.25, -0.2) is 4.98 Å². The number of hydrogen-bond acceptors (Lipinski definition) is 6. The van der Waals surface area contributed by atoms with Gasteiger partial charge >= 0.3 is 0 Å². The highest BCUT2D eigenvalue weighted by Crippen LogP contribution is 2.31. The summed E-state index contributed by atoms with van der Waals surface area (Å²) in [5, 5.41) is 7.92. The summed E-state index contributed by atoms with van der Waals surface area (Å²) < 4.78 is 11.2. The summed E-state index contributed by atoms with van der Waals surface area (Å²) in [6.45, 7) is 2.63. The predicted molar refractivity (Wildman–Crippen MR) is 112 cm³/mol. The van der Waals surface area contributed by atoms with Crippen LogP contribution < -0.4 is 20.1 Å². The van der Waals surface area contributed by atoms with Crippen LogP contribution in [0.25, 0.3) is 11.3 Å². The van der Waals surface area contributed by atoms with Crippen molar-refractivity contribution in [3.8, 4) is 22.8 Å². The van der Waals surface area contributed by atoms with E-state index in [9.17, 15) is 9.59 Å². The van der Waals surface area contributed by atoms with Gasteiger partial charge in [0.05, 0.1) is 18.9 Å². The zero-order chi connectivity index (χ0) is 20.2. The molecule has 7 nitrogen and oxygen atoms in total. The lowest BCUT2D eigenvalue weighted by atomic mass is 10.1. The van der Waals surface area contributed by atoms with Gasteiger partial charge in [0.15, 0.2) is 16.6 Å². The first-order valence-corrected chi connectivity index (χ1v) is 10.0. The maximum absolute atomic E-state index is 12.6. The molecule has 29 heavy (non-hydrogen) atoms. The SMILES string of the molecule is CC(=O)Nc1ccc(-c2csc(NC(=O)c3ccc4c(c3)OCCCO4)n2)cc1. The van der Waals surface area contributed by atoms with Crippen molar-refractivity contribution in [1.29, 1.82) is 0 Å². The molecule has 1 aliphatic heterocycles. The Labute approximate surface area is 171 Å². The van der Waals surface area contributed by atoms with Gasteiger partial charge in [0, 0.05) is 35.5 Å². The fourth-order valence-corrected chi connectivity index (χ4v) is 3.58. The van der Waals surface area contributed by atoms with Crippen LogP contribution in [-0.4, -0.2) is 30.0 Å². The monoisotopic (exact) mass is 409 g/mol. The van der Waals surface area contributed by atoms with E-state index in [4.69, 9.17) is 9.47 Å². The Kier molecular flexibility index (Phi) is 5.44. The van der Waals surface area contributed by atoms with Gasteiger partial charge in [0.2, 0.25) is 5.91 Å². The predicted octanol–water partition coefficient (Wildman–Crippen LogP) is 4.18. The number of carbonyl (C=O) groups is 2. The summed E-state index contributed by atoms with van der Waals surface area (Å²) in [6.07, 6.45) is 0.809. The van der Waals surface area contributed by atoms with Gasteiger partial charge in [-0.1, -0.05) is 12.1 Å². The molecule has 0 saturated heterocycles. The summed E-state index contributed by atoms with van der Waals surface area (Å²) in [4.78, 5) is 28.2. The fraction of sp³-hybridized carbons (Fsp3) is 0.190. The molecule has 2 heterocycles. The Morgan fingerprint density at radius 3 is 2.52 bits per heavy atom. The molecule has 2 N–H and O–H groups in total. The Morgan fingerprint density at radius 1 is 1.00 bits per heavy atom. The topological polar surface area (TPSA) is 89.6 Å². The first kappa shape index (κ1) is 18.9. The minimum atomic E-state index is -0.262. The van der Waals surface area contributed by atoms with Crippen LogP contribution in [0.15, 0.2) is 47.8 Å². The second-order valence-corrected chi connectivity index (χ2v) is 7.32. The van der Waals surface area contributed by atoms with Crippen molar-refractivity contribution in [2.75, 3.05) is 23.8 Å². The van der Waals surface area contributed by atoms with E-state index >= 15 is 0 Å². The highest BCUT2D eigenvalue weighted by Gasteiger charge is 2.15. The third-order valence-corrected chi connectivity index (χ3v) is 4.99. The normalized spacial score (nSPS) is 12.7. The Morgan fingerprint density at radius 2 is 1.76 bits per heavy atom. The maximum Gasteiger partial charge on any atom is 0.257 e. The fourth-order valence-electron chi connectivity index (χ4n) is 2.87. The van der Waals surface area contributed by atoms with Gasteiger partial charge in [0.1, 0.15) is 0 Å². The van der Waals surface area contributed by atoms with E-state index in [0.29, 0.717) is 35.4 Å². The number of nitrogens with one attached hydrogen (secondary N) is 2. The zero-order valence-corrected chi connectivity index (χ0v) is 16.5. The summed E-state index contributed by atoms with van der Waals surface area (Å²) in [7, 11) is 0. The second-order valence-electron chi connectivity index (χ2n) is 6.46. The standard InChI is InChI=1S/C21H19N3O4S/c1-13(25)22-16-6-3-14(4-7-16)17-12-29-21(23-17)24-20(26)15-5-8-18-19(11-15)28-10-2-9-27-18/h3-8,11-12H,2,9-10H2,1H3,(H,22,25)(H,23,24,26). The summed E-state index contributed by atoms with van der Waals surface area (Å²) in [5.74, 6) is 0.848. The molecular weight excluding hydrogens is 390 g/mol. The highest BCUT2D eigenvalue weighted by molar-refractivity contribution is 7.14. The molecule has 148 valence electrons. The van der Waals surface area contributed by atoms with Crippen molar-refractivity contribution in [2.24, 2.45) is 0 Å². The average molecular weight is 409 g/mol. The third-order valence-electron chi connectivity index (χ3n) is 4.24. The molecule has 8 heteroatoms. The smallest absolute Gasteiger partial charge is 0.257 e. The number of carbonyl (C=O) groups excluding carboxylic acids is 2. The number of amides is 2. The molecule has 0 saturated carbocycles. The van der Waals surface area contributed by atoms with Crippen LogP contribution in [0.5, 0.6) is 11.5 Å². The number of ether oxygens (including phenoxy) is 2. The largest absolute Gasteiger partial charge is 0.490 e. The van der Waals surface area contributed by atoms with Crippen LogP contribution in [-0.2, 0) is 4.79 Å². The Balaban J connectivity index is 1.45. The van der Waals surface area contributed by atoms with Gasteiger partial charge < -0.3 is 14.8 Å². The van der Waals surface area contributed by atoms with Crippen LogP contribution in [0.3, 0.4) is 0 Å². The lowest BCUT2D eigenvalue weighted by Gasteiger charge is -2.09. The van der Waals surface area contributed by atoms with Gasteiger partial charge in [-0.3, -0.25) is 14.9 Å². The van der Waals surface area contributed by atoms with E-state index in [-0.39, 0.29) is 11.8 Å². The number of anilines is 2. The summed E-state index contributed by atoms with van der Waals surface area (Å²) in [6, 6.07) is 12.5. The summed E-state index contributed by atoms with van der Waals surface area (Å²) in [5.41, 5.74) is 2.84. The number of aromatic nitrogens is 1. The minimum absolute atomic E-state index is 0.119. The lowest BCUT2D eigenvalue weighted by molar-refractivity contribution is -0.114. The first-order valence-electron chi connectivity index (χ1n) is 9.13. The molecule has 0 fully saturated rings. The van der Waals surface area contributed by atoms with Crippen molar-refractivity contribution in [3.63, 3.8) is 0 Å². The Hall–Kier alpha value is -3.39. The van der Waals surface area contributed by atoms with Crippen molar-refractivity contribution in [1.82, 2.24) is 4.98 Å². The van der Waals surface area contributed by atoms with Gasteiger partial charge in [0.25, 0.3) is 5.91 Å². The van der Waals surface area contributed by atoms with Gasteiger partial charge in [-0.15, -0.1) is 11.3 Å². The van der Waals surface area contributed by atoms with Crippen LogP contribution in [0.2, 0.25) is 0 Å². The first-order chi connectivity index (χ1) is 14.1. The molecule has 0 spiro atoms. The van der Waals surface area contributed by atoms with Crippen molar-refractivity contribution in [2.45, 2.75) is 13.3 Å². The number of benzene rings is 2. The number of fused-ring (bicyclic) bond motifs is 1. The van der Waals surface area contributed by atoms with Gasteiger partial charge in [-0.2, -0.15) is 0 Å². The van der Waals surface area contributed by atoms with E-state index in [1.807, 2.05) is 29.6 Å². The van der Waals surface area contributed by atoms with Crippen LogP contribution in [0, 0.1) is 0 Å². The van der Waals surface area contributed by atoms with Gasteiger partial charge in [-0.05, 0) is 30.3 Å². The molecular formula is C21H19N3O4S. The minimum Gasteiger partial charge on any atom is -0.490 e. The maximum atomic E-state index is 12.6. The molecule has 1 aliphatic rings. The quantitative estimate of drug-likeness (QED) is 0.675. The van der Waals surface area contributed by atoms with E-state index in [0.717, 1.165) is 23.4 Å². The molecule has 0 bridgehead atoms. The molecule has 4 rings (SSSR count). The van der Waals surface area contributed by atoms with E-state index in [1.165, 1.54) is 18.3 Å². The number of hydrogen-bond donors (Lipinski definition) is 2. The molecule has 0 atom stereocenters. The lowest BCUT2D eigenvalue weighted by Crippen LogP contribution is -2.12. The van der Waals surface area contributed by atoms with Crippen molar-refractivity contribution < 1.29 is 19.1 Å². The van der Waals surface area contributed by atoms with E-state index < -0.39 is 0 Å². The third kappa shape index (κ3) is 4.55. The van der Waals surface area contributed by atoms with Crippen molar-refractivity contribution in [3.05, 3.63) is 53.4 Å². The van der Waals surface area contributed by atoms with E-state index in [2.05, 4.69) is 15.6 Å². The molecule has 0 unspecified atom stereocenters. The number of rotatable bonds is 4. The van der Waals surface area contributed by atoms with Crippen LogP contribution in [0.4, 0.5) is 10.8 Å². The number of thiazole rings is 1. The average Bonchev–Trinajstić information content (AvgIpc) is 3.04. The molecule has 0 radical (unpaired) electrons. The highest BCUT2D eigenvalue weighted by atomic mass is 32.1.